The minimum absolute atomic E-state index is 0.635. The van der Waals surface area contributed by atoms with E-state index in [2.05, 4.69) is 35.3 Å². The molecule has 0 saturated carbocycles. The first kappa shape index (κ1) is 12.7. The third kappa shape index (κ3) is 2.99. The summed E-state index contributed by atoms with van der Waals surface area (Å²) in [6, 6.07) is 11.0. The van der Waals surface area contributed by atoms with Gasteiger partial charge in [-0.1, -0.05) is 25.1 Å². The summed E-state index contributed by atoms with van der Waals surface area (Å²) in [5.41, 5.74) is 0.986. The van der Waals surface area contributed by atoms with E-state index in [4.69, 9.17) is 4.42 Å². The van der Waals surface area contributed by atoms with Crippen LogP contribution in [0, 0.1) is 0 Å². The van der Waals surface area contributed by atoms with Crippen molar-refractivity contribution in [2.45, 2.75) is 32.4 Å². The Morgan fingerprint density at radius 3 is 2.79 bits per heavy atom. The lowest BCUT2D eigenvalue weighted by molar-refractivity contribution is 0.204. The fourth-order valence-electron chi connectivity index (χ4n) is 2.82. The fraction of sp³-hybridized carbons (Fsp3) is 0.500. The third-order valence-corrected chi connectivity index (χ3v) is 4.08. The van der Waals surface area contributed by atoms with Crippen molar-refractivity contribution < 1.29 is 4.42 Å². The Morgan fingerprint density at radius 2 is 2.05 bits per heavy atom. The van der Waals surface area contributed by atoms with E-state index < -0.39 is 0 Å². The minimum Gasteiger partial charge on any atom is -0.460 e. The molecule has 0 spiro atoms. The van der Waals surface area contributed by atoms with Crippen LogP contribution in [0.2, 0.25) is 0 Å². The Bertz CT molecular complexity index is 493. The number of rotatable bonds is 4. The van der Waals surface area contributed by atoms with Gasteiger partial charge in [-0.15, -0.1) is 0 Å². The van der Waals surface area contributed by atoms with Gasteiger partial charge in [-0.05, 0) is 44.6 Å². The van der Waals surface area contributed by atoms with Crippen LogP contribution in [0.5, 0.6) is 0 Å². The lowest BCUT2D eigenvalue weighted by atomic mass is 10.1. The Hall–Kier alpha value is -1.32. The molecular weight excluding hydrogens is 236 g/mol. The van der Waals surface area contributed by atoms with Crippen LogP contribution in [0.4, 0.5) is 0 Å². The van der Waals surface area contributed by atoms with Crippen LogP contribution >= 0.6 is 0 Å². The maximum absolute atomic E-state index is 5.83. The molecule has 3 rings (SSSR count). The van der Waals surface area contributed by atoms with Crippen molar-refractivity contribution in [2.75, 3.05) is 19.6 Å². The minimum atomic E-state index is 0.635. The van der Waals surface area contributed by atoms with E-state index in [1.807, 2.05) is 12.1 Å². The molecule has 1 aromatic carbocycles. The molecule has 0 amide bonds. The van der Waals surface area contributed by atoms with Crippen LogP contribution < -0.4 is 5.32 Å². The van der Waals surface area contributed by atoms with Gasteiger partial charge in [0, 0.05) is 11.4 Å². The second kappa shape index (κ2) is 5.76. The second-order valence-corrected chi connectivity index (χ2v) is 5.34. The number of nitrogens with one attached hydrogen (secondary N) is 1. The van der Waals surface area contributed by atoms with Crippen LogP contribution in [0.3, 0.4) is 0 Å². The summed E-state index contributed by atoms with van der Waals surface area (Å²) in [5, 5.41) is 4.82. The number of fused-ring (bicyclic) bond motifs is 1. The predicted molar refractivity (Wildman–Crippen MR) is 78.2 cm³/mol. The Labute approximate surface area is 114 Å². The average Bonchev–Trinajstić information content (AvgIpc) is 2.88. The first-order valence-corrected chi connectivity index (χ1v) is 7.28. The number of nitrogens with zero attached hydrogens (tertiary/aromatic N) is 1. The maximum atomic E-state index is 5.83. The van der Waals surface area contributed by atoms with Gasteiger partial charge < -0.3 is 14.6 Å². The third-order valence-electron chi connectivity index (χ3n) is 4.08. The summed E-state index contributed by atoms with van der Waals surface area (Å²) >= 11 is 0. The summed E-state index contributed by atoms with van der Waals surface area (Å²) in [6.07, 6.45) is 2.49. The summed E-state index contributed by atoms with van der Waals surface area (Å²) in [7, 11) is 0. The zero-order valence-electron chi connectivity index (χ0n) is 11.6. The van der Waals surface area contributed by atoms with E-state index in [-0.39, 0.29) is 0 Å². The number of furan rings is 1. The molecule has 0 bridgehead atoms. The highest BCUT2D eigenvalue weighted by atomic mass is 16.3. The lowest BCUT2D eigenvalue weighted by Gasteiger charge is -2.31. The zero-order valence-corrected chi connectivity index (χ0v) is 11.6. The first-order valence-electron chi connectivity index (χ1n) is 7.28. The molecule has 3 nitrogen and oxygen atoms in total. The topological polar surface area (TPSA) is 28.4 Å². The highest BCUT2D eigenvalue weighted by molar-refractivity contribution is 5.77. The van der Waals surface area contributed by atoms with E-state index >= 15 is 0 Å². The van der Waals surface area contributed by atoms with E-state index in [0.29, 0.717) is 6.04 Å². The molecule has 102 valence electrons. The average molecular weight is 258 g/mol. The summed E-state index contributed by atoms with van der Waals surface area (Å²) < 4.78 is 5.83. The van der Waals surface area contributed by atoms with Crippen molar-refractivity contribution >= 4 is 11.0 Å². The molecule has 2 heterocycles. The zero-order chi connectivity index (χ0) is 13.1. The number of hydrogen-bond acceptors (Lipinski definition) is 3. The second-order valence-electron chi connectivity index (χ2n) is 5.34. The highest BCUT2D eigenvalue weighted by Gasteiger charge is 2.17. The number of piperidine rings is 1. The summed E-state index contributed by atoms with van der Waals surface area (Å²) in [4.78, 5) is 2.51. The number of para-hydroxylation sites is 1. The van der Waals surface area contributed by atoms with Crippen molar-refractivity contribution in [3.05, 3.63) is 36.1 Å². The molecule has 0 aliphatic carbocycles. The molecule has 0 atom stereocenters. The Balaban J connectivity index is 1.55. The number of likely N-dealkylation sites (tertiary alicyclic amines) is 1. The van der Waals surface area contributed by atoms with Crippen LogP contribution in [0.15, 0.2) is 34.7 Å². The smallest absolute Gasteiger partial charge is 0.134 e. The molecule has 19 heavy (non-hydrogen) atoms. The van der Waals surface area contributed by atoms with Gasteiger partial charge in [-0.3, -0.25) is 0 Å². The fourth-order valence-corrected chi connectivity index (χ4v) is 2.82. The molecule has 1 aliphatic rings. The van der Waals surface area contributed by atoms with E-state index in [1.165, 1.54) is 37.9 Å². The number of benzene rings is 1. The molecule has 3 heteroatoms. The first-order chi connectivity index (χ1) is 9.35. The van der Waals surface area contributed by atoms with Gasteiger partial charge in [0.15, 0.2) is 0 Å². The molecule has 1 fully saturated rings. The van der Waals surface area contributed by atoms with E-state index in [1.54, 1.807) is 0 Å². The van der Waals surface area contributed by atoms with E-state index in [0.717, 1.165) is 17.9 Å². The molecule has 0 radical (unpaired) electrons. The molecule has 1 aliphatic heterocycles. The van der Waals surface area contributed by atoms with Crippen LogP contribution in [-0.2, 0) is 6.54 Å². The SMILES string of the molecule is CCN1CCC(NCc2cc3ccccc3o2)CC1. The number of hydrogen-bond donors (Lipinski definition) is 1. The normalized spacial score (nSPS) is 18.2. The van der Waals surface area contributed by atoms with Crippen molar-refractivity contribution in [3.63, 3.8) is 0 Å². The molecule has 0 unspecified atom stereocenters. The van der Waals surface area contributed by atoms with Gasteiger partial charge in [0.05, 0.1) is 6.54 Å². The van der Waals surface area contributed by atoms with Crippen molar-refractivity contribution in [1.29, 1.82) is 0 Å². The predicted octanol–water partition coefficient (Wildman–Crippen LogP) is 3.01. The summed E-state index contributed by atoms with van der Waals surface area (Å²) in [6.45, 7) is 6.69. The molecule has 1 N–H and O–H groups in total. The molecule has 2 aromatic rings. The monoisotopic (exact) mass is 258 g/mol. The van der Waals surface area contributed by atoms with Crippen LogP contribution in [-0.4, -0.2) is 30.6 Å². The summed E-state index contributed by atoms with van der Waals surface area (Å²) in [5.74, 6) is 1.04. The van der Waals surface area contributed by atoms with Gasteiger partial charge in [0.1, 0.15) is 11.3 Å². The standard InChI is InChI=1S/C16H22N2O/c1-2-18-9-7-14(8-10-18)17-12-15-11-13-5-3-4-6-16(13)19-15/h3-6,11,14,17H,2,7-10,12H2,1H3. The highest BCUT2D eigenvalue weighted by Crippen LogP contribution is 2.19. The van der Waals surface area contributed by atoms with Crippen LogP contribution in [0.1, 0.15) is 25.5 Å². The quantitative estimate of drug-likeness (QED) is 0.914. The van der Waals surface area contributed by atoms with Gasteiger partial charge >= 0.3 is 0 Å². The van der Waals surface area contributed by atoms with Crippen molar-refractivity contribution in [3.8, 4) is 0 Å². The van der Waals surface area contributed by atoms with Gasteiger partial charge in [-0.25, -0.2) is 0 Å². The van der Waals surface area contributed by atoms with E-state index in [9.17, 15) is 0 Å². The Morgan fingerprint density at radius 1 is 1.26 bits per heavy atom. The largest absolute Gasteiger partial charge is 0.460 e. The lowest BCUT2D eigenvalue weighted by Crippen LogP contribution is -2.42. The van der Waals surface area contributed by atoms with Gasteiger partial charge in [0.25, 0.3) is 0 Å². The molecular formula is C16H22N2O. The van der Waals surface area contributed by atoms with Gasteiger partial charge in [0.2, 0.25) is 0 Å². The maximum Gasteiger partial charge on any atom is 0.134 e. The van der Waals surface area contributed by atoms with Crippen molar-refractivity contribution in [1.82, 2.24) is 10.2 Å². The Kier molecular flexibility index (Phi) is 3.85. The van der Waals surface area contributed by atoms with Crippen LogP contribution in [0.25, 0.3) is 11.0 Å². The molecule has 1 saturated heterocycles. The molecule has 1 aromatic heterocycles. The van der Waals surface area contributed by atoms with Crippen molar-refractivity contribution in [2.24, 2.45) is 0 Å². The van der Waals surface area contributed by atoms with Gasteiger partial charge in [-0.2, -0.15) is 0 Å².